The van der Waals surface area contributed by atoms with Crippen molar-refractivity contribution in [2.45, 2.75) is 0 Å². The largest absolute Gasteiger partial charge is 0.465 e. The van der Waals surface area contributed by atoms with Crippen LogP contribution in [-0.4, -0.2) is 18.1 Å². The zero-order chi connectivity index (χ0) is 9.68. The maximum atomic E-state index is 10.9. The molecule has 0 fully saturated rings. The molecule has 0 bridgehead atoms. The van der Waals surface area contributed by atoms with Gasteiger partial charge in [-0.1, -0.05) is 0 Å². The maximum absolute atomic E-state index is 10.9. The molecule has 0 saturated carbocycles. The lowest BCUT2D eigenvalue weighted by atomic mass is 10.2. The van der Waals surface area contributed by atoms with E-state index in [2.05, 4.69) is 9.72 Å². The Hall–Kier alpha value is -2.02. The number of aromatic amines is 1. The van der Waals surface area contributed by atoms with E-state index in [0.717, 1.165) is 0 Å². The monoisotopic (exact) mass is 176 g/mol. The molecule has 0 aliphatic rings. The molecule has 1 rings (SSSR count). The van der Waals surface area contributed by atoms with E-state index in [1.54, 1.807) is 24.4 Å². The second kappa shape index (κ2) is 4.12. The van der Waals surface area contributed by atoms with E-state index in [-0.39, 0.29) is 5.57 Å². The van der Waals surface area contributed by atoms with Gasteiger partial charge in [-0.15, -0.1) is 0 Å². The van der Waals surface area contributed by atoms with Gasteiger partial charge in [0.2, 0.25) is 0 Å². The van der Waals surface area contributed by atoms with Crippen LogP contribution in [0, 0.1) is 11.3 Å². The van der Waals surface area contributed by atoms with Crippen LogP contribution in [0.25, 0.3) is 6.08 Å². The lowest BCUT2D eigenvalue weighted by Crippen LogP contribution is -2.02. The van der Waals surface area contributed by atoms with E-state index in [4.69, 9.17) is 5.26 Å². The molecule has 4 nitrogen and oxygen atoms in total. The summed E-state index contributed by atoms with van der Waals surface area (Å²) < 4.78 is 4.41. The molecule has 1 heterocycles. The predicted molar refractivity (Wildman–Crippen MR) is 46.4 cm³/mol. The third kappa shape index (κ3) is 2.20. The fraction of sp³-hybridized carbons (Fsp3) is 0.111. The predicted octanol–water partition coefficient (Wildman–Crippen LogP) is 1.09. The Morgan fingerprint density at radius 3 is 3.00 bits per heavy atom. The van der Waals surface area contributed by atoms with Crippen molar-refractivity contribution >= 4 is 12.0 Å². The standard InChI is InChI=1S/C9H8N2O2/c1-13-9(12)7(6-10)5-8-3-2-4-11-8/h2-5,11H,1H3/b7-5+. The first-order chi connectivity index (χ1) is 6.27. The molecule has 4 heteroatoms. The number of hydrogen-bond donors (Lipinski definition) is 1. The van der Waals surface area contributed by atoms with Crippen LogP contribution in [0.1, 0.15) is 5.69 Å². The number of esters is 1. The molecule has 0 aliphatic heterocycles. The molecule has 0 spiro atoms. The van der Waals surface area contributed by atoms with Crippen LogP contribution in [0.4, 0.5) is 0 Å². The van der Waals surface area contributed by atoms with E-state index in [0.29, 0.717) is 5.69 Å². The Balaban J connectivity index is 2.91. The van der Waals surface area contributed by atoms with Crippen LogP contribution in [0.2, 0.25) is 0 Å². The van der Waals surface area contributed by atoms with Crippen LogP contribution in [0.3, 0.4) is 0 Å². The highest BCUT2D eigenvalue weighted by atomic mass is 16.5. The zero-order valence-corrected chi connectivity index (χ0v) is 7.07. The Bertz CT molecular complexity index is 357. The van der Waals surface area contributed by atoms with Gasteiger partial charge in [-0.25, -0.2) is 4.79 Å². The van der Waals surface area contributed by atoms with E-state index >= 15 is 0 Å². The number of nitrogens with zero attached hydrogens (tertiary/aromatic N) is 1. The fourth-order valence-electron chi connectivity index (χ4n) is 0.836. The van der Waals surface area contributed by atoms with Crippen LogP contribution >= 0.6 is 0 Å². The van der Waals surface area contributed by atoms with Crippen molar-refractivity contribution in [3.05, 3.63) is 29.6 Å². The number of methoxy groups -OCH3 is 1. The third-order valence-corrected chi connectivity index (χ3v) is 1.45. The van der Waals surface area contributed by atoms with Gasteiger partial charge in [0.25, 0.3) is 0 Å². The van der Waals surface area contributed by atoms with Gasteiger partial charge in [0.1, 0.15) is 11.6 Å². The van der Waals surface area contributed by atoms with Crippen molar-refractivity contribution in [3.63, 3.8) is 0 Å². The summed E-state index contributed by atoms with van der Waals surface area (Å²) >= 11 is 0. The summed E-state index contributed by atoms with van der Waals surface area (Å²) in [4.78, 5) is 13.8. The molecule has 1 N–H and O–H groups in total. The van der Waals surface area contributed by atoms with Crippen molar-refractivity contribution in [2.75, 3.05) is 7.11 Å². The summed E-state index contributed by atoms with van der Waals surface area (Å²) in [6, 6.07) is 5.28. The molecular weight excluding hydrogens is 168 g/mol. The van der Waals surface area contributed by atoms with Crippen LogP contribution in [-0.2, 0) is 9.53 Å². The summed E-state index contributed by atoms with van der Waals surface area (Å²) in [5.41, 5.74) is 0.673. The lowest BCUT2D eigenvalue weighted by molar-refractivity contribution is -0.135. The molecule has 0 saturated heterocycles. The Morgan fingerprint density at radius 1 is 1.77 bits per heavy atom. The van der Waals surface area contributed by atoms with Gasteiger partial charge in [-0.3, -0.25) is 0 Å². The van der Waals surface area contributed by atoms with Crippen molar-refractivity contribution < 1.29 is 9.53 Å². The molecule has 0 amide bonds. The highest BCUT2D eigenvalue weighted by Crippen LogP contribution is 2.04. The van der Waals surface area contributed by atoms with Crippen molar-refractivity contribution in [2.24, 2.45) is 0 Å². The topological polar surface area (TPSA) is 65.9 Å². The highest BCUT2D eigenvalue weighted by Gasteiger charge is 2.07. The van der Waals surface area contributed by atoms with Gasteiger partial charge in [0.15, 0.2) is 0 Å². The molecule has 0 unspecified atom stereocenters. The van der Waals surface area contributed by atoms with E-state index in [1.165, 1.54) is 13.2 Å². The Labute approximate surface area is 75.4 Å². The minimum Gasteiger partial charge on any atom is -0.465 e. The molecule has 1 aromatic rings. The first-order valence-electron chi connectivity index (χ1n) is 3.61. The minimum atomic E-state index is -0.628. The second-order valence-electron chi connectivity index (χ2n) is 2.29. The molecule has 0 aliphatic carbocycles. The number of nitrogens with one attached hydrogen (secondary N) is 1. The fourth-order valence-corrected chi connectivity index (χ4v) is 0.836. The quantitative estimate of drug-likeness (QED) is 0.416. The van der Waals surface area contributed by atoms with Gasteiger partial charge in [0.05, 0.1) is 7.11 Å². The number of H-pyrrole nitrogens is 1. The average molecular weight is 176 g/mol. The highest BCUT2D eigenvalue weighted by molar-refractivity contribution is 5.97. The minimum absolute atomic E-state index is 0.0232. The molecule has 13 heavy (non-hydrogen) atoms. The normalized spacial score (nSPS) is 10.6. The molecule has 0 atom stereocenters. The Morgan fingerprint density at radius 2 is 2.54 bits per heavy atom. The number of rotatable bonds is 2. The molecule has 0 aromatic carbocycles. The number of nitriles is 1. The zero-order valence-electron chi connectivity index (χ0n) is 7.07. The van der Waals surface area contributed by atoms with Crippen LogP contribution in [0.5, 0.6) is 0 Å². The van der Waals surface area contributed by atoms with Crippen molar-refractivity contribution in [1.82, 2.24) is 4.98 Å². The number of carbonyl (C=O) groups is 1. The number of carbonyl (C=O) groups excluding carboxylic acids is 1. The summed E-state index contributed by atoms with van der Waals surface area (Å²) in [6.45, 7) is 0. The SMILES string of the molecule is COC(=O)/C(C#N)=C/c1ccc[nH]1. The van der Waals surface area contributed by atoms with Crippen molar-refractivity contribution in [3.8, 4) is 6.07 Å². The van der Waals surface area contributed by atoms with Gasteiger partial charge >= 0.3 is 5.97 Å². The lowest BCUT2D eigenvalue weighted by Gasteiger charge is -1.94. The maximum Gasteiger partial charge on any atom is 0.348 e. The van der Waals surface area contributed by atoms with E-state index in [9.17, 15) is 4.79 Å². The van der Waals surface area contributed by atoms with Crippen molar-refractivity contribution in [1.29, 1.82) is 5.26 Å². The second-order valence-corrected chi connectivity index (χ2v) is 2.29. The number of aromatic nitrogens is 1. The number of ether oxygens (including phenoxy) is 1. The molecule has 0 radical (unpaired) electrons. The summed E-state index contributed by atoms with van der Waals surface area (Å²) in [6.07, 6.45) is 3.14. The first kappa shape index (κ1) is 9.07. The number of hydrogen-bond acceptors (Lipinski definition) is 3. The summed E-state index contributed by atoms with van der Waals surface area (Å²) in [5.74, 6) is -0.628. The van der Waals surface area contributed by atoms with Gasteiger partial charge < -0.3 is 9.72 Å². The van der Waals surface area contributed by atoms with E-state index in [1.807, 2.05) is 0 Å². The molecule has 66 valence electrons. The third-order valence-electron chi connectivity index (χ3n) is 1.45. The molecule has 1 aromatic heterocycles. The Kier molecular flexibility index (Phi) is 2.87. The van der Waals surface area contributed by atoms with Gasteiger partial charge in [0, 0.05) is 11.9 Å². The molecular formula is C9H8N2O2. The average Bonchev–Trinajstić information content (AvgIpc) is 2.65. The van der Waals surface area contributed by atoms with Crippen LogP contribution < -0.4 is 0 Å². The van der Waals surface area contributed by atoms with E-state index < -0.39 is 5.97 Å². The summed E-state index contributed by atoms with van der Waals surface area (Å²) in [5, 5.41) is 8.59. The summed E-state index contributed by atoms with van der Waals surface area (Å²) in [7, 11) is 1.24. The smallest absolute Gasteiger partial charge is 0.348 e. The van der Waals surface area contributed by atoms with Gasteiger partial charge in [-0.05, 0) is 18.2 Å². The van der Waals surface area contributed by atoms with Crippen LogP contribution in [0.15, 0.2) is 23.9 Å². The van der Waals surface area contributed by atoms with Gasteiger partial charge in [-0.2, -0.15) is 5.26 Å². The first-order valence-corrected chi connectivity index (χ1v) is 3.61.